The van der Waals surface area contributed by atoms with E-state index in [1.165, 1.54) is 0 Å². The van der Waals surface area contributed by atoms with Crippen LogP contribution < -0.4 is 15.4 Å². The van der Waals surface area contributed by atoms with Gasteiger partial charge in [0.25, 0.3) is 0 Å². The minimum atomic E-state index is -0.191. The van der Waals surface area contributed by atoms with Crippen LogP contribution in [0.15, 0.2) is 79.1 Å². The van der Waals surface area contributed by atoms with Gasteiger partial charge < -0.3 is 20.3 Å². The lowest BCUT2D eigenvalue weighted by molar-refractivity contribution is 0.103. The SMILES string of the molecule is Cl.O=C(c1ccccc1)c1ccc(NC(=O)N2CCNCC2COc2cccnc2)cc1. The van der Waals surface area contributed by atoms with E-state index in [0.717, 1.165) is 6.54 Å². The Morgan fingerprint density at radius 3 is 2.50 bits per heavy atom. The number of ether oxygens (including phenoxy) is 1. The molecule has 1 aromatic heterocycles. The largest absolute Gasteiger partial charge is 0.490 e. The molecule has 1 atom stereocenters. The maximum Gasteiger partial charge on any atom is 0.322 e. The first-order valence-corrected chi connectivity index (χ1v) is 10.2. The van der Waals surface area contributed by atoms with Crippen LogP contribution in [0.5, 0.6) is 5.75 Å². The summed E-state index contributed by atoms with van der Waals surface area (Å²) in [7, 11) is 0. The first kappa shape index (κ1) is 23.2. The highest BCUT2D eigenvalue weighted by atomic mass is 35.5. The van der Waals surface area contributed by atoms with Crippen molar-refractivity contribution in [3.05, 3.63) is 90.3 Å². The standard InChI is InChI=1S/C24H24N4O3.ClH/c29-23(18-5-2-1-3-6-18)19-8-10-20(11-9-19)27-24(30)28-14-13-26-15-21(28)17-31-22-7-4-12-25-16-22;/h1-12,16,21,26H,13-15,17H2,(H,27,30);1H. The van der Waals surface area contributed by atoms with Crippen molar-refractivity contribution in [3.8, 4) is 5.75 Å². The van der Waals surface area contributed by atoms with Gasteiger partial charge in [-0.3, -0.25) is 9.78 Å². The maximum absolute atomic E-state index is 12.9. The number of ketones is 1. The van der Waals surface area contributed by atoms with Gasteiger partial charge in [0, 0.05) is 42.6 Å². The van der Waals surface area contributed by atoms with Crippen LogP contribution in [0.25, 0.3) is 0 Å². The summed E-state index contributed by atoms with van der Waals surface area (Å²) in [6.45, 7) is 2.33. The lowest BCUT2D eigenvalue weighted by Gasteiger charge is -2.35. The number of anilines is 1. The third kappa shape index (κ3) is 5.84. The van der Waals surface area contributed by atoms with Crippen molar-refractivity contribution in [3.63, 3.8) is 0 Å². The molecule has 3 aromatic rings. The van der Waals surface area contributed by atoms with E-state index in [0.29, 0.717) is 42.3 Å². The van der Waals surface area contributed by atoms with Gasteiger partial charge in [0.2, 0.25) is 0 Å². The average molecular weight is 453 g/mol. The first-order chi connectivity index (χ1) is 15.2. The number of benzene rings is 2. The van der Waals surface area contributed by atoms with Crippen LogP contribution in [-0.4, -0.2) is 54.0 Å². The Labute approximate surface area is 193 Å². The molecule has 2 N–H and O–H groups in total. The van der Waals surface area contributed by atoms with Crippen LogP contribution in [0.4, 0.5) is 10.5 Å². The molecule has 1 aliphatic rings. The number of nitrogens with zero attached hydrogens (tertiary/aromatic N) is 2. The van der Waals surface area contributed by atoms with Gasteiger partial charge >= 0.3 is 6.03 Å². The Morgan fingerprint density at radius 2 is 1.78 bits per heavy atom. The quantitative estimate of drug-likeness (QED) is 0.558. The summed E-state index contributed by atoms with van der Waals surface area (Å²) in [4.78, 5) is 31.2. The van der Waals surface area contributed by atoms with Crippen LogP contribution in [0.1, 0.15) is 15.9 Å². The van der Waals surface area contributed by atoms with Crippen molar-refractivity contribution in [2.45, 2.75) is 6.04 Å². The van der Waals surface area contributed by atoms with Gasteiger partial charge in [0.1, 0.15) is 12.4 Å². The highest BCUT2D eigenvalue weighted by Crippen LogP contribution is 2.16. The molecule has 2 heterocycles. The molecule has 2 amide bonds. The van der Waals surface area contributed by atoms with Crippen molar-refractivity contribution >= 4 is 29.9 Å². The molecule has 0 spiro atoms. The molecule has 32 heavy (non-hydrogen) atoms. The van der Waals surface area contributed by atoms with Crippen molar-refractivity contribution in [1.29, 1.82) is 0 Å². The highest BCUT2D eigenvalue weighted by Gasteiger charge is 2.27. The molecule has 0 bridgehead atoms. The van der Waals surface area contributed by atoms with E-state index < -0.39 is 0 Å². The van der Waals surface area contributed by atoms with Crippen LogP contribution in [0.3, 0.4) is 0 Å². The second kappa shape index (κ2) is 11.3. The van der Waals surface area contributed by atoms with Crippen LogP contribution >= 0.6 is 12.4 Å². The van der Waals surface area contributed by atoms with E-state index in [2.05, 4.69) is 15.6 Å². The molecule has 2 aromatic carbocycles. The fourth-order valence-electron chi connectivity index (χ4n) is 3.46. The maximum atomic E-state index is 12.9. The summed E-state index contributed by atoms with van der Waals surface area (Å²) < 4.78 is 5.80. The summed E-state index contributed by atoms with van der Waals surface area (Å²) in [5.41, 5.74) is 1.85. The van der Waals surface area contributed by atoms with E-state index in [4.69, 9.17) is 4.74 Å². The Kier molecular flexibility index (Phi) is 8.19. The second-order valence-corrected chi connectivity index (χ2v) is 7.25. The first-order valence-electron chi connectivity index (χ1n) is 10.2. The van der Waals surface area contributed by atoms with E-state index in [1.807, 2.05) is 30.3 Å². The monoisotopic (exact) mass is 452 g/mol. The second-order valence-electron chi connectivity index (χ2n) is 7.25. The van der Waals surface area contributed by atoms with Gasteiger partial charge in [0.15, 0.2) is 5.78 Å². The molecule has 4 rings (SSSR count). The highest BCUT2D eigenvalue weighted by molar-refractivity contribution is 6.09. The average Bonchev–Trinajstić information content (AvgIpc) is 2.84. The molecular weight excluding hydrogens is 428 g/mol. The number of aromatic nitrogens is 1. The number of urea groups is 1. The molecule has 1 aliphatic heterocycles. The molecule has 8 heteroatoms. The lowest BCUT2D eigenvalue weighted by atomic mass is 10.0. The molecule has 7 nitrogen and oxygen atoms in total. The molecule has 1 saturated heterocycles. The summed E-state index contributed by atoms with van der Waals surface area (Å²) >= 11 is 0. The number of carbonyl (C=O) groups is 2. The third-order valence-electron chi connectivity index (χ3n) is 5.12. The summed E-state index contributed by atoms with van der Waals surface area (Å²) in [5.74, 6) is 0.625. The zero-order valence-electron chi connectivity index (χ0n) is 17.4. The van der Waals surface area contributed by atoms with Crippen LogP contribution in [0, 0.1) is 0 Å². The molecule has 0 saturated carbocycles. The van der Waals surface area contributed by atoms with Crippen LogP contribution in [-0.2, 0) is 0 Å². The van der Waals surface area contributed by atoms with Gasteiger partial charge in [-0.2, -0.15) is 0 Å². The van der Waals surface area contributed by atoms with Crippen molar-refractivity contribution in [1.82, 2.24) is 15.2 Å². The molecule has 166 valence electrons. The Balaban J connectivity index is 0.00000289. The number of pyridine rings is 1. The summed E-state index contributed by atoms with van der Waals surface area (Å²) in [6.07, 6.45) is 3.34. The minimum absolute atomic E-state index is 0. The number of piperazine rings is 1. The van der Waals surface area contributed by atoms with E-state index in [9.17, 15) is 9.59 Å². The van der Waals surface area contributed by atoms with E-state index in [1.54, 1.807) is 53.7 Å². The molecule has 0 radical (unpaired) electrons. The van der Waals surface area contributed by atoms with Crippen molar-refractivity contribution < 1.29 is 14.3 Å². The van der Waals surface area contributed by atoms with E-state index >= 15 is 0 Å². The van der Waals surface area contributed by atoms with Gasteiger partial charge in [-0.1, -0.05) is 30.3 Å². The van der Waals surface area contributed by atoms with Crippen LogP contribution in [0.2, 0.25) is 0 Å². The zero-order chi connectivity index (χ0) is 21.5. The predicted molar refractivity (Wildman–Crippen MR) is 126 cm³/mol. The number of halogens is 1. The molecule has 0 aliphatic carbocycles. The molecular formula is C24H25ClN4O3. The number of hydrogen-bond donors (Lipinski definition) is 2. The Bertz CT molecular complexity index is 1020. The fourth-order valence-corrected chi connectivity index (χ4v) is 3.46. The number of rotatable bonds is 6. The number of carbonyl (C=O) groups excluding carboxylic acids is 2. The van der Waals surface area contributed by atoms with Gasteiger partial charge in [-0.05, 0) is 36.4 Å². The molecule has 1 unspecified atom stereocenters. The Hall–Kier alpha value is -3.42. The normalized spacial score (nSPS) is 15.4. The summed E-state index contributed by atoms with van der Waals surface area (Å²) in [5, 5.41) is 6.23. The lowest BCUT2D eigenvalue weighted by Crippen LogP contribution is -2.57. The van der Waals surface area contributed by atoms with Crippen molar-refractivity contribution in [2.75, 3.05) is 31.6 Å². The third-order valence-corrected chi connectivity index (χ3v) is 5.12. The zero-order valence-corrected chi connectivity index (χ0v) is 18.3. The Morgan fingerprint density at radius 1 is 1.03 bits per heavy atom. The van der Waals surface area contributed by atoms with Crippen molar-refractivity contribution in [2.24, 2.45) is 0 Å². The number of nitrogens with one attached hydrogen (secondary N) is 2. The van der Waals surface area contributed by atoms with Gasteiger partial charge in [-0.15, -0.1) is 12.4 Å². The van der Waals surface area contributed by atoms with Gasteiger partial charge in [-0.25, -0.2) is 4.79 Å². The number of hydrogen-bond acceptors (Lipinski definition) is 5. The minimum Gasteiger partial charge on any atom is -0.490 e. The van der Waals surface area contributed by atoms with Gasteiger partial charge in [0.05, 0.1) is 12.2 Å². The summed E-state index contributed by atoms with van der Waals surface area (Å²) in [6, 6.07) is 19.4. The number of amides is 2. The fraction of sp³-hybridized carbons (Fsp3) is 0.208. The van der Waals surface area contributed by atoms with E-state index in [-0.39, 0.29) is 30.3 Å². The molecule has 1 fully saturated rings. The topological polar surface area (TPSA) is 83.6 Å². The predicted octanol–water partition coefficient (Wildman–Crippen LogP) is 3.62. The smallest absolute Gasteiger partial charge is 0.322 e.